The average molecular weight is 270 g/mol. The summed E-state index contributed by atoms with van der Waals surface area (Å²) >= 11 is 0. The zero-order valence-corrected chi connectivity index (χ0v) is 11.3. The minimum absolute atomic E-state index is 0.582. The molecule has 104 valence electrons. The van der Waals surface area contributed by atoms with Gasteiger partial charge in [-0.15, -0.1) is 0 Å². The van der Waals surface area contributed by atoms with E-state index in [4.69, 9.17) is 5.73 Å². The van der Waals surface area contributed by atoms with Crippen LogP contribution in [0.2, 0.25) is 0 Å². The Morgan fingerprint density at radius 1 is 1.00 bits per heavy atom. The Morgan fingerprint density at radius 3 is 2.45 bits per heavy atom. The van der Waals surface area contributed by atoms with Crippen molar-refractivity contribution in [2.24, 2.45) is 0 Å². The Bertz CT molecular complexity index is 551. The molecule has 2 aromatic heterocycles. The third-order valence-electron chi connectivity index (χ3n) is 3.42. The van der Waals surface area contributed by atoms with Crippen LogP contribution in [0.25, 0.3) is 0 Å². The number of anilines is 2. The summed E-state index contributed by atoms with van der Waals surface area (Å²) in [7, 11) is 0. The van der Waals surface area contributed by atoms with Gasteiger partial charge in [-0.1, -0.05) is 6.07 Å². The fourth-order valence-corrected chi connectivity index (χ4v) is 2.38. The van der Waals surface area contributed by atoms with Crippen molar-refractivity contribution in [2.75, 3.05) is 36.8 Å². The molecule has 2 N–H and O–H groups in total. The summed E-state index contributed by atoms with van der Waals surface area (Å²) < 4.78 is 0. The third kappa shape index (κ3) is 3.03. The van der Waals surface area contributed by atoms with Gasteiger partial charge in [0.1, 0.15) is 5.82 Å². The van der Waals surface area contributed by atoms with Gasteiger partial charge in [0.2, 0.25) is 5.95 Å². The second-order valence-corrected chi connectivity index (χ2v) is 4.87. The molecule has 0 aromatic carbocycles. The van der Waals surface area contributed by atoms with Crippen LogP contribution >= 0.6 is 0 Å². The Labute approximate surface area is 118 Å². The molecular weight excluding hydrogens is 252 g/mol. The second kappa shape index (κ2) is 5.83. The van der Waals surface area contributed by atoms with Crippen LogP contribution in [0.5, 0.6) is 0 Å². The Hall–Kier alpha value is -2.21. The van der Waals surface area contributed by atoms with E-state index >= 15 is 0 Å². The first-order chi connectivity index (χ1) is 9.81. The van der Waals surface area contributed by atoms with E-state index in [1.165, 1.54) is 0 Å². The first-order valence-electron chi connectivity index (χ1n) is 6.77. The monoisotopic (exact) mass is 270 g/mol. The standard InChI is InChI=1S/C14H18N6/c15-13-4-1-3-12(18-13)11-19-7-9-20(10-8-19)14-16-5-2-6-17-14/h1-6H,7-11H2,(H2,15,18). The van der Waals surface area contributed by atoms with Crippen molar-refractivity contribution in [1.29, 1.82) is 0 Å². The van der Waals surface area contributed by atoms with E-state index < -0.39 is 0 Å². The maximum atomic E-state index is 5.71. The summed E-state index contributed by atoms with van der Waals surface area (Å²) in [5.41, 5.74) is 6.73. The number of rotatable bonds is 3. The summed E-state index contributed by atoms with van der Waals surface area (Å²) in [5.74, 6) is 1.40. The smallest absolute Gasteiger partial charge is 0.225 e. The van der Waals surface area contributed by atoms with Gasteiger partial charge in [0.05, 0.1) is 5.69 Å². The normalized spacial score (nSPS) is 16.3. The number of hydrogen-bond donors (Lipinski definition) is 1. The predicted molar refractivity (Wildman–Crippen MR) is 78.2 cm³/mol. The van der Waals surface area contributed by atoms with E-state index in [1.54, 1.807) is 12.4 Å². The summed E-state index contributed by atoms with van der Waals surface area (Å²) in [6.45, 7) is 4.68. The molecule has 1 aliphatic heterocycles. The van der Waals surface area contributed by atoms with Crippen molar-refractivity contribution < 1.29 is 0 Å². The lowest BCUT2D eigenvalue weighted by molar-refractivity contribution is 0.246. The van der Waals surface area contributed by atoms with Crippen molar-refractivity contribution in [1.82, 2.24) is 19.9 Å². The minimum atomic E-state index is 0.582. The highest BCUT2D eigenvalue weighted by Gasteiger charge is 2.18. The molecule has 6 heteroatoms. The summed E-state index contributed by atoms with van der Waals surface area (Å²) in [4.78, 5) is 17.5. The van der Waals surface area contributed by atoms with Gasteiger partial charge in [-0.05, 0) is 18.2 Å². The molecule has 3 rings (SSSR count). The summed E-state index contributed by atoms with van der Waals surface area (Å²) in [5, 5.41) is 0. The zero-order chi connectivity index (χ0) is 13.8. The van der Waals surface area contributed by atoms with Crippen LogP contribution < -0.4 is 10.6 Å². The fourth-order valence-electron chi connectivity index (χ4n) is 2.38. The third-order valence-corrected chi connectivity index (χ3v) is 3.42. The number of pyridine rings is 1. The van der Waals surface area contributed by atoms with Crippen LogP contribution in [-0.4, -0.2) is 46.0 Å². The molecule has 1 aliphatic rings. The van der Waals surface area contributed by atoms with Gasteiger partial charge in [0, 0.05) is 45.1 Å². The second-order valence-electron chi connectivity index (χ2n) is 4.87. The molecule has 0 bridgehead atoms. The van der Waals surface area contributed by atoms with E-state index in [2.05, 4.69) is 24.8 Å². The molecule has 0 atom stereocenters. The molecule has 2 aromatic rings. The summed E-state index contributed by atoms with van der Waals surface area (Å²) in [6, 6.07) is 7.62. The molecule has 0 radical (unpaired) electrons. The van der Waals surface area contributed by atoms with Crippen molar-refractivity contribution in [2.45, 2.75) is 6.54 Å². The first kappa shape index (κ1) is 12.8. The van der Waals surface area contributed by atoms with Gasteiger partial charge >= 0.3 is 0 Å². The predicted octanol–water partition coefficient (Wildman–Crippen LogP) is 0.776. The maximum Gasteiger partial charge on any atom is 0.225 e. The van der Waals surface area contributed by atoms with Crippen LogP contribution in [0.4, 0.5) is 11.8 Å². The van der Waals surface area contributed by atoms with Crippen molar-refractivity contribution in [3.8, 4) is 0 Å². The lowest BCUT2D eigenvalue weighted by Crippen LogP contribution is -2.46. The number of nitrogens with two attached hydrogens (primary N) is 1. The van der Waals surface area contributed by atoms with Gasteiger partial charge in [-0.25, -0.2) is 15.0 Å². The topological polar surface area (TPSA) is 71.2 Å². The van der Waals surface area contributed by atoms with Crippen LogP contribution in [0.1, 0.15) is 5.69 Å². The highest BCUT2D eigenvalue weighted by Crippen LogP contribution is 2.12. The van der Waals surface area contributed by atoms with Crippen molar-refractivity contribution >= 4 is 11.8 Å². The minimum Gasteiger partial charge on any atom is -0.384 e. The molecule has 6 nitrogen and oxygen atoms in total. The molecule has 1 fully saturated rings. The molecule has 3 heterocycles. The first-order valence-corrected chi connectivity index (χ1v) is 6.77. The Kier molecular flexibility index (Phi) is 3.73. The number of aromatic nitrogens is 3. The van der Waals surface area contributed by atoms with Crippen LogP contribution in [-0.2, 0) is 6.54 Å². The van der Waals surface area contributed by atoms with Gasteiger partial charge in [-0.3, -0.25) is 4.90 Å². The number of piperazine rings is 1. The Balaban J connectivity index is 1.56. The zero-order valence-electron chi connectivity index (χ0n) is 11.3. The SMILES string of the molecule is Nc1cccc(CN2CCN(c3ncccn3)CC2)n1. The largest absolute Gasteiger partial charge is 0.384 e. The number of nitrogen functional groups attached to an aromatic ring is 1. The van der Waals surface area contributed by atoms with E-state index in [1.807, 2.05) is 24.3 Å². The number of nitrogens with zero attached hydrogens (tertiary/aromatic N) is 5. The summed E-state index contributed by atoms with van der Waals surface area (Å²) in [6.07, 6.45) is 3.57. The molecule has 0 aliphatic carbocycles. The molecule has 0 amide bonds. The van der Waals surface area contributed by atoms with Crippen LogP contribution in [0, 0.1) is 0 Å². The molecule has 1 saturated heterocycles. The van der Waals surface area contributed by atoms with E-state index in [0.29, 0.717) is 5.82 Å². The molecule has 20 heavy (non-hydrogen) atoms. The maximum absolute atomic E-state index is 5.71. The molecule has 0 saturated carbocycles. The van der Waals surface area contributed by atoms with Gasteiger partial charge < -0.3 is 10.6 Å². The van der Waals surface area contributed by atoms with E-state index in [-0.39, 0.29) is 0 Å². The molecular formula is C14H18N6. The number of hydrogen-bond acceptors (Lipinski definition) is 6. The van der Waals surface area contributed by atoms with Gasteiger partial charge in [0.25, 0.3) is 0 Å². The van der Waals surface area contributed by atoms with Crippen LogP contribution in [0.3, 0.4) is 0 Å². The van der Waals surface area contributed by atoms with E-state index in [0.717, 1.165) is 44.4 Å². The fraction of sp³-hybridized carbons (Fsp3) is 0.357. The van der Waals surface area contributed by atoms with Crippen molar-refractivity contribution in [3.63, 3.8) is 0 Å². The molecule has 0 spiro atoms. The van der Waals surface area contributed by atoms with E-state index in [9.17, 15) is 0 Å². The lowest BCUT2D eigenvalue weighted by atomic mass is 10.2. The van der Waals surface area contributed by atoms with Gasteiger partial charge in [0.15, 0.2) is 0 Å². The van der Waals surface area contributed by atoms with Gasteiger partial charge in [-0.2, -0.15) is 0 Å². The quantitative estimate of drug-likeness (QED) is 0.888. The molecule has 0 unspecified atom stereocenters. The lowest BCUT2D eigenvalue weighted by Gasteiger charge is -2.34. The Morgan fingerprint density at radius 2 is 1.75 bits per heavy atom. The highest BCUT2D eigenvalue weighted by atomic mass is 15.3. The highest BCUT2D eigenvalue weighted by molar-refractivity contribution is 5.30. The average Bonchev–Trinajstić information content (AvgIpc) is 2.49. The van der Waals surface area contributed by atoms with Crippen molar-refractivity contribution in [3.05, 3.63) is 42.4 Å². The van der Waals surface area contributed by atoms with Crippen LogP contribution in [0.15, 0.2) is 36.7 Å².